The molecule has 138 valence electrons. The summed E-state index contributed by atoms with van der Waals surface area (Å²) in [7, 11) is 0. The molecule has 3 nitrogen and oxygen atoms in total. The summed E-state index contributed by atoms with van der Waals surface area (Å²) < 4.78 is 0. The molecule has 0 amide bonds. The third-order valence-electron chi connectivity index (χ3n) is 3.60. The Bertz CT molecular complexity index is 379. The van der Waals surface area contributed by atoms with Crippen molar-refractivity contribution in [3.63, 3.8) is 0 Å². The lowest BCUT2D eigenvalue weighted by atomic mass is 10.2. The van der Waals surface area contributed by atoms with E-state index in [4.69, 9.17) is 0 Å². The minimum Gasteiger partial charge on any atom is -0.389 e. The Hall–Kier alpha value is -1.16. The highest BCUT2D eigenvalue weighted by molar-refractivity contribution is 5.13. The Kier molecular flexibility index (Phi) is 15.9. The maximum absolute atomic E-state index is 9.99. The van der Waals surface area contributed by atoms with E-state index in [-0.39, 0.29) is 0 Å². The largest absolute Gasteiger partial charge is 0.389 e. The molecule has 0 aromatic heterocycles. The van der Waals surface area contributed by atoms with Gasteiger partial charge in [0, 0.05) is 6.54 Å². The van der Waals surface area contributed by atoms with Crippen molar-refractivity contribution in [2.75, 3.05) is 19.6 Å². The Morgan fingerprint density at radius 3 is 1.88 bits per heavy atom. The van der Waals surface area contributed by atoms with Crippen molar-refractivity contribution in [1.82, 2.24) is 4.90 Å². The van der Waals surface area contributed by atoms with Crippen LogP contribution in [0.3, 0.4) is 0 Å². The van der Waals surface area contributed by atoms with Gasteiger partial charge in [-0.1, -0.05) is 69.4 Å². The highest BCUT2D eigenvalue weighted by Crippen LogP contribution is 2.01. The first-order valence-electron chi connectivity index (χ1n) is 9.39. The van der Waals surface area contributed by atoms with Crippen LogP contribution < -0.4 is 0 Å². The quantitative estimate of drug-likeness (QED) is 0.368. The lowest BCUT2D eigenvalue weighted by Crippen LogP contribution is -2.28. The molecule has 0 aromatic rings. The monoisotopic (exact) mass is 335 g/mol. The van der Waals surface area contributed by atoms with E-state index in [1.54, 1.807) is 6.08 Å². The van der Waals surface area contributed by atoms with Gasteiger partial charge in [0.25, 0.3) is 0 Å². The summed E-state index contributed by atoms with van der Waals surface area (Å²) >= 11 is 0. The predicted octanol–water partition coefficient (Wildman–Crippen LogP) is 4.25. The van der Waals surface area contributed by atoms with Gasteiger partial charge in [0.1, 0.15) is 0 Å². The normalized spacial score (nSPS) is 15.6. The molecule has 2 unspecified atom stereocenters. The molecule has 0 aliphatic carbocycles. The Balaban J connectivity index is 4.00. The van der Waals surface area contributed by atoms with Gasteiger partial charge in [0.05, 0.1) is 12.2 Å². The highest BCUT2D eigenvalue weighted by atomic mass is 16.3. The van der Waals surface area contributed by atoms with E-state index in [0.717, 1.165) is 45.3 Å². The summed E-state index contributed by atoms with van der Waals surface area (Å²) in [4.78, 5) is 2.41. The molecule has 0 aliphatic rings. The third-order valence-corrected chi connectivity index (χ3v) is 3.60. The maximum atomic E-state index is 9.99. The molecule has 2 atom stereocenters. The molecule has 0 heterocycles. The van der Waals surface area contributed by atoms with Gasteiger partial charge in [-0.2, -0.15) is 0 Å². The van der Waals surface area contributed by atoms with E-state index in [2.05, 4.69) is 31.7 Å². The Labute approximate surface area is 149 Å². The van der Waals surface area contributed by atoms with Gasteiger partial charge in [-0.25, -0.2) is 0 Å². The number of nitrogens with zero attached hydrogens (tertiary/aromatic N) is 1. The second-order valence-electron chi connectivity index (χ2n) is 6.04. The average Bonchev–Trinajstić information content (AvgIpc) is 2.56. The van der Waals surface area contributed by atoms with E-state index < -0.39 is 12.2 Å². The molecule has 0 spiro atoms. The fourth-order valence-corrected chi connectivity index (χ4v) is 2.37. The van der Waals surface area contributed by atoms with Gasteiger partial charge in [0.2, 0.25) is 0 Å². The van der Waals surface area contributed by atoms with Crippen molar-refractivity contribution in [1.29, 1.82) is 0 Å². The minimum absolute atomic E-state index is 0.403. The zero-order chi connectivity index (χ0) is 18.0. The lowest BCUT2D eigenvalue weighted by Gasteiger charge is -2.21. The number of aliphatic hydroxyl groups is 2. The zero-order valence-electron chi connectivity index (χ0n) is 15.8. The second kappa shape index (κ2) is 16.7. The predicted molar refractivity (Wildman–Crippen MR) is 105 cm³/mol. The van der Waals surface area contributed by atoms with Crippen molar-refractivity contribution < 1.29 is 10.2 Å². The summed E-state index contributed by atoms with van der Waals surface area (Å²) in [6.07, 6.45) is 19.0. The van der Waals surface area contributed by atoms with Crippen LogP contribution in [0.15, 0.2) is 48.6 Å². The second-order valence-corrected chi connectivity index (χ2v) is 6.04. The van der Waals surface area contributed by atoms with Crippen LogP contribution in [0.2, 0.25) is 0 Å². The molecule has 0 aliphatic heterocycles. The average molecular weight is 336 g/mol. The molecule has 2 N–H and O–H groups in total. The van der Waals surface area contributed by atoms with E-state index in [9.17, 15) is 10.2 Å². The van der Waals surface area contributed by atoms with Crippen LogP contribution in [-0.2, 0) is 0 Å². The van der Waals surface area contributed by atoms with Gasteiger partial charge in [-0.05, 0) is 45.2 Å². The molecule has 3 heteroatoms. The summed E-state index contributed by atoms with van der Waals surface area (Å²) in [6.45, 7) is 9.60. The fraction of sp³-hybridized carbons (Fsp3) is 0.619. The molecule has 24 heavy (non-hydrogen) atoms. The SMILES string of the molecule is CCC=CCC(O)C=CC=CC=CC(O)CCN(CCC)CCC. The van der Waals surface area contributed by atoms with Crippen LogP contribution >= 0.6 is 0 Å². The maximum Gasteiger partial charge on any atom is 0.0758 e. The molecule has 0 aromatic carbocycles. The van der Waals surface area contributed by atoms with Crippen molar-refractivity contribution in [2.24, 2.45) is 0 Å². The molecule has 0 saturated carbocycles. The van der Waals surface area contributed by atoms with Crippen molar-refractivity contribution in [2.45, 2.75) is 65.1 Å². The third kappa shape index (κ3) is 14.4. The Morgan fingerprint density at radius 2 is 1.33 bits per heavy atom. The molecule has 0 bridgehead atoms. The fourth-order valence-electron chi connectivity index (χ4n) is 2.37. The van der Waals surface area contributed by atoms with E-state index in [1.807, 2.05) is 36.5 Å². The lowest BCUT2D eigenvalue weighted by molar-refractivity contribution is 0.177. The first-order chi connectivity index (χ1) is 11.6. The van der Waals surface area contributed by atoms with Crippen molar-refractivity contribution in [3.05, 3.63) is 48.6 Å². The first-order valence-corrected chi connectivity index (χ1v) is 9.39. The smallest absolute Gasteiger partial charge is 0.0758 e. The zero-order valence-corrected chi connectivity index (χ0v) is 15.8. The van der Waals surface area contributed by atoms with Gasteiger partial charge in [-0.15, -0.1) is 0 Å². The highest BCUT2D eigenvalue weighted by Gasteiger charge is 2.05. The molecular formula is C21H37NO2. The van der Waals surface area contributed by atoms with Crippen molar-refractivity contribution in [3.8, 4) is 0 Å². The van der Waals surface area contributed by atoms with Crippen LogP contribution in [0.1, 0.15) is 52.9 Å². The first kappa shape index (κ1) is 22.8. The molecule has 0 saturated heterocycles. The molecular weight excluding hydrogens is 298 g/mol. The molecule has 0 rings (SSSR count). The summed E-state index contributed by atoms with van der Waals surface area (Å²) in [6, 6.07) is 0. The minimum atomic E-state index is -0.435. The number of aliphatic hydroxyl groups excluding tert-OH is 2. The van der Waals surface area contributed by atoms with Crippen LogP contribution in [0.5, 0.6) is 0 Å². The topological polar surface area (TPSA) is 43.7 Å². The van der Waals surface area contributed by atoms with E-state index in [0.29, 0.717) is 6.42 Å². The molecule has 0 radical (unpaired) electrons. The Morgan fingerprint density at radius 1 is 0.750 bits per heavy atom. The standard InChI is InChI=1S/C21H37NO2/c1-4-7-10-13-20(23)14-11-8-9-12-15-21(24)16-19-22(17-5-2)18-6-3/h7-12,14-15,20-21,23-24H,4-6,13,16-19H2,1-3H3. The van der Waals surface area contributed by atoms with Gasteiger partial charge in [0.15, 0.2) is 0 Å². The summed E-state index contributed by atoms with van der Waals surface area (Å²) in [5.74, 6) is 0. The summed E-state index contributed by atoms with van der Waals surface area (Å²) in [5, 5.41) is 19.7. The summed E-state index contributed by atoms with van der Waals surface area (Å²) in [5.41, 5.74) is 0. The molecule has 0 fully saturated rings. The van der Waals surface area contributed by atoms with Crippen LogP contribution in [-0.4, -0.2) is 47.0 Å². The van der Waals surface area contributed by atoms with E-state index in [1.165, 1.54) is 0 Å². The van der Waals surface area contributed by atoms with Crippen molar-refractivity contribution >= 4 is 0 Å². The van der Waals surface area contributed by atoms with E-state index >= 15 is 0 Å². The number of rotatable bonds is 14. The van der Waals surface area contributed by atoms with Crippen LogP contribution in [0.25, 0.3) is 0 Å². The van der Waals surface area contributed by atoms with Crippen LogP contribution in [0.4, 0.5) is 0 Å². The number of hydrogen-bond acceptors (Lipinski definition) is 3. The number of allylic oxidation sites excluding steroid dienone is 5. The van der Waals surface area contributed by atoms with Crippen LogP contribution in [0, 0.1) is 0 Å². The van der Waals surface area contributed by atoms with Gasteiger partial charge >= 0.3 is 0 Å². The van der Waals surface area contributed by atoms with Gasteiger partial charge < -0.3 is 15.1 Å². The number of hydrogen-bond donors (Lipinski definition) is 2. The van der Waals surface area contributed by atoms with Gasteiger partial charge in [-0.3, -0.25) is 0 Å².